The van der Waals surface area contributed by atoms with Crippen molar-refractivity contribution in [3.05, 3.63) is 46.7 Å². The van der Waals surface area contributed by atoms with E-state index in [1.807, 2.05) is 12.1 Å². The smallest absolute Gasteiger partial charge is 0.356 e. The van der Waals surface area contributed by atoms with Gasteiger partial charge in [0.15, 0.2) is 16.0 Å². The molecule has 2 aromatic heterocycles. The average molecular weight is 501 g/mol. The zero-order chi connectivity index (χ0) is 24.1. The lowest BCUT2D eigenvalue weighted by Gasteiger charge is -2.30. The summed E-state index contributed by atoms with van der Waals surface area (Å²) in [5, 5.41) is 16.1. The molecule has 4 rings (SSSR count). The Morgan fingerprint density at radius 3 is 2.74 bits per heavy atom. The predicted molar refractivity (Wildman–Crippen MR) is 137 cm³/mol. The van der Waals surface area contributed by atoms with Crippen LogP contribution in [0.1, 0.15) is 40.2 Å². The van der Waals surface area contributed by atoms with Crippen molar-refractivity contribution < 1.29 is 14.7 Å². The summed E-state index contributed by atoms with van der Waals surface area (Å²) in [6, 6.07) is 5.77. The fourth-order valence-electron chi connectivity index (χ4n) is 3.80. The van der Waals surface area contributed by atoms with Crippen molar-refractivity contribution in [2.75, 3.05) is 34.4 Å². The largest absolute Gasteiger partial charge is 0.476 e. The summed E-state index contributed by atoms with van der Waals surface area (Å²) in [6.45, 7) is 4.07. The van der Waals surface area contributed by atoms with E-state index in [-0.39, 0.29) is 11.7 Å². The first-order chi connectivity index (χ1) is 16.4. The van der Waals surface area contributed by atoms with Crippen LogP contribution in [0.4, 0.5) is 21.3 Å². The fourth-order valence-corrected chi connectivity index (χ4v) is 5.66. The van der Waals surface area contributed by atoms with Gasteiger partial charge in [-0.1, -0.05) is 17.8 Å². The number of hydrogen-bond acceptors (Lipinski definition) is 7. The second kappa shape index (κ2) is 10.9. The van der Waals surface area contributed by atoms with Crippen molar-refractivity contribution in [3.8, 4) is 0 Å². The van der Waals surface area contributed by atoms with Gasteiger partial charge in [-0.25, -0.2) is 19.6 Å². The van der Waals surface area contributed by atoms with Gasteiger partial charge in [-0.15, -0.1) is 11.3 Å². The fraction of sp³-hybridized carbons (Fsp3) is 0.391. The van der Waals surface area contributed by atoms with E-state index in [0.717, 1.165) is 41.5 Å². The maximum Gasteiger partial charge on any atom is 0.356 e. The molecule has 2 amide bonds. The first-order valence-corrected chi connectivity index (χ1v) is 13.0. The summed E-state index contributed by atoms with van der Waals surface area (Å²) in [6.07, 6.45) is 7.58. The van der Waals surface area contributed by atoms with E-state index in [2.05, 4.69) is 38.5 Å². The number of nitrogens with zero attached hydrogens (tertiary/aromatic N) is 4. The number of aromatic carboxylic acids is 1. The molecule has 0 aliphatic carbocycles. The molecule has 34 heavy (non-hydrogen) atoms. The van der Waals surface area contributed by atoms with Crippen molar-refractivity contribution in [2.45, 2.75) is 37.8 Å². The molecule has 1 aromatic carbocycles. The minimum atomic E-state index is -1.03. The Labute approximate surface area is 206 Å². The maximum atomic E-state index is 12.7. The number of hydrogen-bond donors (Lipinski definition) is 3. The van der Waals surface area contributed by atoms with E-state index in [9.17, 15) is 9.59 Å². The van der Waals surface area contributed by atoms with E-state index in [1.165, 1.54) is 54.1 Å². The lowest BCUT2D eigenvalue weighted by Crippen LogP contribution is -2.31. The van der Waals surface area contributed by atoms with Crippen LogP contribution >= 0.6 is 23.1 Å². The number of rotatable bonds is 8. The average Bonchev–Trinajstić information content (AvgIpc) is 3.42. The second-order valence-corrected chi connectivity index (χ2v) is 10.4. The van der Waals surface area contributed by atoms with E-state index in [1.54, 1.807) is 17.8 Å². The number of carboxylic acids is 1. The van der Waals surface area contributed by atoms with Crippen LogP contribution in [0.5, 0.6) is 0 Å². The van der Waals surface area contributed by atoms with Crippen molar-refractivity contribution >= 4 is 51.6 Å². The topological polar surface area (TPSA) is 112 Å². The quantitative estimate of drug-likeness (QED) is 0.379. The normalized spacial score (nSPS) is 13.6. The minimum Gasteiger partial charge on any atom is -0.476 e. The number of nitrogens with one attached hydrogen (secondary N) is 2. The van der Waals surface area contributed by atoms with Crippen LogP contribution in [0.25, 0.3) is 0 Å². The summed E-state index contributed by atoms with van der Waals surface area (Å²) in [5.41, 5.74) is 3.07. The van der Waals surface area contributed by atoms with Crippen molar-refractivity contribution in [1.29, 1.82) is 0 Å². The number of imidazole rings is 1. The molecule has 3 N–H and O–H groups in total. The number of benzene rings is 1. The summed E-state index contributed by atoms with van der Waals surface area (Å²) in [7, 11) is 1.78. The molecule has 0 atom stereocenters. The molecule has 1 fully saturated rings. The third kappa shape index (κ3) is 6.09. The maximum absolute atomic E-state index is 12.7. The number of urea groups is 1. The summed E-state index contributed by atoms with van der Waals surface area (Å²) >= 11 is 2.91. The molecule has 9 nitrogen and oxygen atoms in total. The highest BCUT2D eigenvalue weighted by molar-refractivity contribution is 7.99. The molecule has 0 radical (unpaired) electrons. The van der Waals surface area contributed by atoms with Crippen molar-refractivity contribution in [2.24, 2.45) is 7.05 Å². The Balaban J connectivity index is 1.31. The number of carbonyl (C=O) groups excluding carboxylic acids is 1. The lowest BCUT2D eigenvalue weighted by atomic mass is 10.1. The standard InChI is InChI=1S/C23H28N6O3S2/c1-15-6-7-17(19(12-15)29-9-4-3-5-10-29)25-21(32)27-22-24-13-16(34-22)8-11-33-23-26-18(20(30)31)14-28(23)2/h6-7,12-14H,3-5,8-11H2,1-2H3,(H,30,31)(H2,24,25,27,32). The number of piperidine rings is 1. The van der Waals surface area contributed by atoms with Gasteiger partial charge in [0, 0.05) is 43.2 Å². The van der Waals surface area contributed by atoms with Crippen LogP contribution in [0.3, 0.4) is 0 Å². The number of carbonyl (C=O) groups is 2. The van der Waals surface area contributed by atoms with Gasteiger partial charge in [0.05, 0.1) is 11.4 Å². The number of aromatic nitrogens is 3. The summed E-state index contributed by atoms with van der Waals surface area (Å²) in [5.74, 6) is -0.312. The number of amides is 2. The second-order valence-electron chi connectivity index (χ2n) is 8.20. The van der Waals surface area contributed by atoms with E-state index in [4.69, 9.17) is 5.11 Å². The molecular weight excluding hydrogens is 472 g/mol. The molecule has 0 spiro atoms. The zero-order valence-corrected chi connectivity index (χ0v) is 20.8. The summed E-state index contributed by atoms with van der Waals surface area (Å²) in [4.78, 5) is 35.5. The molecule has 1 aliphatic heterocycles. The van der Waals surface area contributed by atoms with Crippen molar-refractivity contribution in [1.82, 2.24) is 14.5 Å². The van der Waals surface area contributed by atoms with Gasteiger partial charge in [0.2, 0.25) is 0 Å². The van der Waals surface area contributed by atoms with Crippen LogP contribution in [0.2, 0.25) is 0 Å². The highest BCUT2D eigenvalue weighted by Gasteiger charge is 2.17. The first-order valence-electron chi connectivity index (χ1n) is 11.2. The van der Waals surface area contributed by atoms with Gasteiger partial charge in [0.1, 0.15) is 0 Å². The van der Waals surface area contributed by atoms with Gasteiger partial charge in [-0.3, -0.25) is 5.32 Å². The molecule has 3 aromatic rings. The van der Waals surface area contributed by atoms with Crippen LogP contribution in [-0.2, 0) is 13.5 Å². The highest BCUT2D eigenvalue weighted by atomic mass is 32.2. The van der Waals surface area contributed by atoms with Gasteiger partial charge in [-0.2, -0.15) is 0 Å². The first kappa shape index (κ1) is 24.1. The van der Waals surface area contributed by atoms with Gasteiger partial charge >= 0.3 is 12.0 Å². The lowest BCUT2D eigenvalue weighted by molar-refractivity contribution is 0.0690. The Bertz CT molecular complexity index is 1170. The minimum absolute atomic E-state index is 0.0392. The number of anilines is 3. The third-order valence-electron chi connectivity index (χ3n) is 5.50. The highest BCUT2D eigenvalue weighted by Crippen LogP contribution is 2.30. The zero-order valence-electron chi connectivity index (χ0n) is 19.2. The van der Waals surface area contributed by atoms with Gasteiger partial charge in [-0.05, 0) is 50.3 Å². The molecule has 0 unspecified atom stereocenters. The molecular formula is C23H28N6O3S2. The molecule has 11 heteroatoms. The van der Waals surface area contributed by atoms with E-state index >= 15 is 0 Å². The number of carboxylic acid groups (broad SMARTS) is 1. The predicted octanol–water partition coefficient (Wildman–Crippen LogP) is 4.85. The molecule has 180 valence electrons. The molecule has 0 saturated carbocycles. The molecule has 1 saturated heterocycles. The third-order valence-corrected chi connectivity index (χ3v) is 7.52. The van der Waals surface area contributed by atoms with Crippen LogP contribution in [-0.4, -0.2) is 50.5 Å². The Morgan fingerprint density at radius 2 is 2.00 bits per heavy atom. The van der Waals surface area contributed by atoms with Gasteiger partial charge in [0.25, 0.3) is 0 Å². The van der Waals surface area contributed by atoms with Gasteiger partial charge < -0.3 is 19.9 Å². The molecule has 0 bridgehead atoms. The number of thioether (sulfide) groups is 1. The van der Waals surface area contributed by atoms with Crippen LogP contribution in [0.15, 0.2) is 35.7 Å². The van der Waals surface area contributed by atoms with Crippen LogP contribution < -0.4 is 15.5 Å². The van der Waals surface area contributed by atoms with E-state index in [0.29, 0.717) is 10.3 Å². The van der Waals surface area contributed by atoms with Crippen LogP contribution in [0, 0.1) is 6.92 Å². The van der Waals surface area contributed by atoms with Crippen molar-refractivity contribution in [3.63, 3.8) is 0 Å². The number of aryl methyl sites for hydroxylation is 3. The van der Waals surface area contributed by atoms with E-state index < -0.39 is 5.97 Å². The SMILES string of the molecule is Cc1ccc(NC(=O)Nc2ncc(CCSc3nc(C(=O)O)cn3C)s2)c(N2CCCCC2)c1. The molecule has 3 heterocycles. The molecule has 1 aliphatic rings. The summed E-state index contributed by atoms with van der Waals surface area (Å²) < 4.78 is 1.71. The Morgan fingerprint density at radius 1 is 1.21 bits per heavy atom. The number of thiazole rings is 1. The monoisotopic (exact) mass is 500 g/mol. The Kier molecular flexibility index (Phi) is 7.73. The Hall–Kier alpha value is -3.05.